The Morgan fingerprint density at radius 1 is 0.788 bits per heavy atom. The lowest BCUT2D eigenvalue weighted by Gasteiger charge is -2.21. The van der Waals surface area contributed by atoms with Crippen LogP contribution < -0.4 is 5.30 Å². The largest absolute Gasteiger partial charge is 0.493 e. The average molecular weight is 457 g/mol. The SMILES string of the molecule is O=P(O)(O)c1ccc(Cn2cnc3nc(O)ccc32)c(-c2ccccc2)c1-c1ccccc1. The normalized spacial score (nSPS) is 11.7. The summed E-state index contributed by atoms with van der Waals surface area (Å²) in [6, 6.07) is 25.3. The average Bonchev–Trinajstić information content (AvgIpc) is 3.20. The summed E-state index contributed by atoms with van der Waals surface area (Å²) in [4.78, 5) is 28.7. The van der Waals surface area contributed by atoms with Crippen LogP contribution in [0.15, 0.2) is 91.3 Å². The van der Waals surface area contributed by atoms with Gasteiger partial charge < -0.3 is 19.5 Å². The Morgan fingerprint density at radius 2 is 1.42 bits per heavy atom. The molecule has 3 aromatic carbocycles. The minimum Gasteiger partial charge on any atom is -0.493 e. The molecule has 0 atom stereocenters. The van der Waals surface area contributed by atoms with Gasteiger partial charge in [0.05, 0.1) is 17.1 Å². The zero-order valence-electron chi connectivity index (χ0n) is 17.4. The number of hydrogen-bond acceptors (Lipinski definition) is 4. The Hall–Kier alpha value is -3.77. The number of nitrogens with zero attached hydrogens (tertiary/aromatic N) is 3. The molecule has 0 radical (unpaired) electrons. The lowest BCUT2D eigenvalue weighted by atomic mass is 9.90. The summed E-state index contributed by atoms with van der Waals surface area (Å²) < 4.78 is 14.4. The molecule has 164 valence electrons. The molecule has 0 unspecified atom stereocenters. The summed E-state index contributed by atoms with van der Waals surface area (Å²) in [6.45, 7) is 0.397. The van der Waals surface area contributed by atoms with Gasteiger partial charge in [-0.3, -0.25) is 4.57 Å². The molecule has 33 heavy (non-hydrogen) atoms. The van der Waals surface area contributed by atoms with Gasteiger partial charge in [-0.1, -0.05) is 66.7 Å². The van der Waals surface area contributed by atoms with Crippen molar-refractivity contribution in [1.29, 1.82) is 0 Å². The molecule has 2 heterocycles. The van der Waals surface area contributed by atoms with Crippen molar-refractivity contribution in [2.45, 2.75) is 6.54 Å². The predicted molar refractivity (Wildman–Crippen MR) is 127 cm³/mol. The van der Waals surface area contributed by atoms with Crippen molar-refractivity contribution in [2.24, 2.45) is 0 Å². The molecule has 5 rings (SSSR count). The molecule has 0 saturated heterocycles. The molecule has 0 saturated carbocycles. The second kappa shape index (κ2) is 8.30. The summed E-state index contributed by atoms with van der Waals surface area (Å²) in [5.74, 6) is -0.102. The first kappa shape index (κ1) is 21.1. The molecule has 0 fully saturated rings. The Morgan fingerprint density at radius 3 is 2.06 bits per heavy atom. The summed E-state index contributed by atoms with van der Waals surface area (Å²) in [6.07, 6.45) is 1.64. The van der Waals surface area contributed by atoms with Crippen LogP contribution in [0.25, 0.3) is 33.4 Å². The third-order valence-electron chi connectivity index (χ3n) is 5.52. The molecule has 0 aliphatic carbocycles. The van der Waals surface area contributed by atoms with Crippen LogP contribution in [-0.2, 0) is 11.1 Å². The van der Waals surface area contributed by atoms with Crippen molar-refractivity contribution in [1.82, 2.24) is 14.5 Å². The number of aromatic hydroxyl groups is 1. The van der Waals surface area contributed by atoms with Gasteiger partial charge in [-0.2, -0.15) is 4.98 Å². The molecule has 5 aromatic rings. The number of aromatic nitrogens is 3. The van der Waals surface area contributed by atoms with E-state index in [0.717, 1.165) is 27.8 Å². The fourth-order valence-electron chi connectivity index (χ4n) is 4.09. The molecule has 0 aliphatic rings. The van der Waals surface area contributed by atoms with E-state index < -0.39 is 7.60 Å². The topological polar surface area (TPSA) is 108 Å². The van der Waals surface area contributed by atoms with Crippen molar-refractivity contribution < 1.29 is 19.5 Å². The number of fused-ring (bicyclic) bond motifs is 1. The first-order valence-corrected chi connectivity index (χ1v) is 11.9. The minimum absolute atomic E-state index is 0.0154. The zero-order chi connectivity index (χ0) is 23.0. The molecule has 2 aromatic heterocycles. The Balaban J connectivity index is 1.79. The van der Waals surface area contributed by atoms with Crippen LogP contribution in [0, 0.1) is 0 Å². The smallest absolute Gasteiger partial charge is 0.356 e. The van der Waals surface area contributed by atoms with E-state index in [4.69, 9.17) is 0 Å². The zero-order valence-corrected chi connectivity index (χ0v) is 18.3. The highest BCUT2D eigenvalue weighted by Crippen LogP contribution is 2.43. The number of benzene rings is 3. The van der Waals surface area contributed by atoms with Crippen molar-refractivity contribution in [3.05, 3.63) is 96.8 Å². The van der Waals surface area contributed by atoms with E-state index in [9.17, 15) is 19.5 Å². The van der Waals surface area contributed by atoms with E-state index in [-0.39, 0.29) is 11.2 Å². The first-order valence-electron chi connectivity index (χ1n) is 10.3. The summed E-state index contributed by atoms with van der Waals surface area (Å²) >= 11 is 0. The van der Waals surface area contributed by atoms with Gasteiger partial charge in [-0.15, -0.1) is 0 Å². The number of rotatable bonds is 5. The van der Waals surface area contributed by atoms with Crippen LogP contribution in [0.4, 0.5) is 0 Å². The van der Waals surface area contributed by atoms with Crippen LogP contribution in [0.3, 0.4) is 0 Å². The number of hydrogen-bond donors (Lipinski definition) is 3. The fourth-order valence-corrected chi connectivity index (χ4v) is 4.89. The predicted octanol–water partition coefficient (Wildman–Crippen LogP) is 4.32. The Labute approximate surface area is 189 Å². The molecule has 3 N–H and O–H groups in total. The highest BCUT2D eigenvalue weighted by Gasteiger charge is 2.27. The first-order chi connectivity index (χ1) is 15.9. The van der Waals surface area contributed by atoms with E-state index >= 15 is 0 Å². The number of imidazole rings is 1. The monoisotopic (exact) mass is 457 g/mol. The van der Waals surface area contributed by atoms with Crippen molar-refractivity contribution in [3.63, 3.8) is 0 Å². The van der Waals surface area contributed by atoms with Crippen LogP contribution in [0.2, 0.25) is 0 Å². The third kappa shape index (κ3) is 4.05. The number of pyridine rings is 1. The van der Waals surface area contributed by atoms with E-state index in [0.29, 0.717) is 17.8 Å². The Bertz CT molecular complexity index is 1490. The third-order valence-corrected chi connectivity index (χ3v) is 6.52. The van der Waals surface area contributed by atoms with E-state index in [2.05, 4.69) is 9.97 Å². The van der Waals surface area contributed by atoms with Gasteiger partial charge >= 0.3 is 7.60 Å². The van der Waals surface area contributed by atoms with Crippen molar-refractivity contribution >= 4 is 24.1 Å². The van der Waals surface area contributed by atoms with Gasteiger partial charge in [0.25, 0.3) is 0 Å². The van der Waals surface area contributed by atoms with Crippen molar-refractivity contribution in [3.8, 4) is 28.1 Å². The van der Waals surface area contributed by atoms with Crippen molar-refractivity contribution in [2.75, 3.05) is 0 Å². The highest BCUT2D eigenvalue weighted by atomic mass is 31.2. The maximum absolute atomic E-state index is 12.5. The highest BCUT2D eigenvalue weighted by molar-refractivity contribution is 7.60. The molecular formula is C25H20N3O4P. The molecule has 0 bridgehead atoms. The summed E-state index contributed by atoms with van der Waals surface area (Å²) in [7, 11) is -4.56. The van der Waals surface area contributed by atoms with Gasteiger partial charge in [0.1, 0.15) is 0 Å². The molecule has 8 heteroatoms. The van der Waals surface area contributed by atoms with Gasteiger partial charge in [0.15, 0.2) is 5.65 Å². The van der Waals surface area contributed by atoms with Crippen LogP contribution in [-0.4, -0.2) is 29.4 Å². The maximum Gasteiger partial charge on any atom is 0.356 e. The molecule has 0 spiro atoms. The van der Waals surface area contributed by atoms with Crippen LogP contribution >= 0.6 is 7.60 Å². The van der Waals surface area contributed by atoms with Gasteiger partial charge in [-0.05, 0) is 34.4 Å². The van der Waals surface area contributed by atoms with E-state index in [1.54, 1.807) is 18.5 Å². The summed E-state index contributed by atoms with van der Waals surface area (Å²) in [5.41, 5.74) is 4.85. The lowest BCUT2D eigenvalue weighted by molar-refractivity contribution is 0.387. The van der Waals surface area contributed by atoms with E-state index in [1.165, 1.54) is 12.1 Å². The Kier molecular flexibility index (Phi) is 5.30. The molecular weight excluding hydrogens is 437 g/mol. The van der Waals surface area contributed by atoms with Crippen LogP contribution in [0.1, 0.15) is 5.56 Å². The van der Waals surface area contributed by atoms with Gasteiger partial charge in [0, 0.05) is 18.2 Å². The summed E-state index contributed by atoms with van der Waals surface area (Å²) in [5, 5.41) is 9.64. The molecule has 0 amide bonds. The lowest BCUT2D eigenvalue weighted by Crippen LogP contribution is -2.12. The quantitative estimate of drug-likeness (QED) is 0.339. The van der Waals surface area contributed by atoms with Crippen LogP contribution in [0.5, 0.6) is 5.88 Å². The standard InChI is InChI=1S/C25H20N3O4P/c29-22-14-12-20-25(27-22)26-16-28(20)15-19-11-13-21(33(30,31)32)24(18-9-5-2-6-10-18)23(19)17-7-3-1-4-8-17/h1-14,16H,15H2,(H,27,29)(H2,30,31,32). The maximum atomic E-state index is 12.5. The fraction of sp³-hybridized carbons (Fsp3) is 0.0400. The second-order valence-corrected chi connectivity index (χ2v) is 9.22. The molecule has 7 nitrogen and oxygen atoms in total. The van der Waals surface area contributed by atoms with E-state index in [1.807, 2.05) is 65.2 Å². The van der Waals surface area contributed by atoms with Gasteiger partial charge in [0.2, 0.25) is 5.88 Å². The molecule has 0 aliphatic heterocycles. The minimum atomic E-state index is -4.56. The second-order valence-electron chi connectivity index (χ2n) is 7.65. The van der Waals surface area contributed by atoms with Gasteiger partial charge in [-0.25, -0.2) is 4.98 Å².